The first-order chi connectivity index (χ1) is 8.59. The van der Waals surface area contributed by atoms with Crippen LogP contribution in [0.15, 0.2) is 24.3 Å². The van der Waals surface area contributed by atoms with E-state index in [1.807, 2.05) is 20.8 Å². The summed E-state index contributed by atoms with van der Waals surface area (Å²) in [4.78, 5) is 11.5. The Balaban J connectivity index is 2.75. The van der Waals surface area contributed by atoms with E-state index in [2.05, 4.69) is 0 Å². The van der Waals surface area contributed by atoms with Crippen molar-refractivity contribution in [3.05, 3.63) is 29.8 Å². The molecule has 0 fully saturated rings. The van der Waals surface area contributed by atoms with Crippen molar-refractivity contribution in [2.75, 3.05) is 5.75 Å². The Hall–Kier alpha value is -1.17. The molecule has 0 amide bonds. The van der Waals surface area contributed by atoms with Gasteiger partial charge < -0.3 is 4.74 Å². The van der Waals surface area contributed by atoms with Gasteiger partial charge in [0.25, 0.3) is 0 Å². The number of halogens is 3. The zero-order valence-corrected chi connectivity index (χ0v) is 11.7. The molecule has 6 heteroatoms. The van der Waals surface area contributed by atoms with Gasteiger partial charge in [0.1, 0.15) is 5.75 Å². The van der Waals surface area contributed by atoms with Gasteiger partial charge in [-0.05, 0) is 12.1 Å². The summed E-state index contributed by atoms with van der Waals surface area (Å²) in [6.07, 6.45) is -4.53. The maximum absolute atomic E-state index is 12.7. The molecule has 0 aliphatic heterocycles. The first-order valence-electron chi connectivity index (χ1n) is 5.60. The molecule has 0 N–H and O–H groups in total. The summed E-state index contributed by atoms with van der Waals surface area (Å²) in [6.45, 7) is 5.73. The summed E-state index contributed by atoms with van der Waals surface area (Å²) < 4.78 is 42.7. The largest absolute Gasteiger partial charge is 0.425 e. The fraction of sp³-hybridized carbons (Fsp3) is 0.462. The van der Waals surface area contributed by atoms with Crippen LogP contribution in [0.1, 0.15) is 26.3 Å². The van der Waals surface area contributed by atoms with Crippen LogP contribution < -0.4 is 4.74 Å². The summed E-state index contributed by atoms with van der Waals surface area (Å²) in [5, 5.41) is 0. The maximum atomic E-state index is 12.7. The molecule has 0 saturated carbocycles. The average Bonchev–Trinajstić information content (AvgIpc) is 2.25. The van der Waals surface area contributed by atoms with Gasteiger partial charge in [-0.15, -0.1) is 11.8 Å². The highest BCUT2D eigenvalue weighted by molar-refractivity contribution is 8.01. The van der Waals surface area contributed by atoms with Gasteiger partial charge in [0.2, 0.25) is 0 Å². The minimum Gasteiger partial charge on any atom is -0.425 e. The summed E-state index contributed by atoms with van der Waals surface area (Å²) in [5.41, 5.74) is -0.941. The molecule has 0 heterocycles. The third-order valence-corrected chi connectivity index (χ3v) is 3.29. The van der Waals surface area contributed by atoms with Gasteiger partial charge in [-0.3, -0.25) is 4.79 Å². The number of benzene rings is 1. The Morgan fingerprint density at radius 3 is 2.32 bits per heavy atom. The van der Waals surface area contributed by atoms with E-state index in [-0.39, 0.29) is 10.5 Å². The van der Waals surface area contributed by atoms with E-state index in [1.165, 1.54) is 23.9 Å². The van der Waals surface area contributed by atoms with Crippen molar-refractivity contribution in [3.63, 3.8) is 0 Å². The molecular formula is C13H15F3O2S. The second-order valence-electron chi connectivity index (χ2n) is 4.87. The molecule has 0 bridgehead atoms. The molecule has 1 rings (SSSR count). The van der Waals surface area contributed by atoms with Crippen LogP contribution >= 0.6 is 11.8 Å². The standard InChI is InChI=1S/C13H15F3O2S/c1-12(2,3)19-8-11(17)18-10-7-5-4-6-9(10)13(14,15)16/h4-7H,8H2,1-3H3. The molecule has 1 aromatic rings. The number of thioether (sulfide) groups is 1. The van der Waals surface area contributed by atoms with Crippen LogP contribution in [-0.4, -0.2) is 16.5 Å². The van der Waals surface area contributed by atoms with Crippen LogP contribution in [0.2, 0.25) is 0 Å². The monoisotopic (exact) mass is 292 g/mol. The zero-order valence-electron chi connectivity index (χ0n) is 10.9. The van der Waals surface area contributed by atoms with E-state index in [1.54, 1.807) is 0 Å². The highest BCUT2D eigenvalue weighted by Gasteiger charge is 2.34. The Morgan fingerprint density at radius 1 is 1.21 bits per heavy atom. The first kappa shape index (κ1) is 15.9. The SMILES string of the molecule is CC(C)(C)SCC(=O)Oc1ccccc1C(F)(F)F. The number of hydrogen-bond acceptors (Lipinski definition) is 3. The number of ether oxygens (including phenoxy) is 1. The normalized spacial score (nSPS) is 12.3. The summed E-state index contributed by atoms with van der Waals surface area (Å²) in [6, 6.07) is 4.68. The highest BCUT2D eigenvalue weighted by Crippen LogP contribution is 2.36. The van der Waals surface area contributed by atoms with Crippen LogP contribution in [-0.2, 0) is 11.0 Å². The molecule has 106 valence electrons. The summed E-state index contributed by atoms with van der Waals surface area (Å²) >= 11 is 1.32. The number of esters is 1. The van der Waals surface area contributed by atoms with Gasteiger partial charge in [-0.25, -0.2) is 0 Å². The molecule has 0 aliphatic rings. The third kappa shape index (κ3) is 5.55. The fourth-order valence-corrected chi connectivity index (χ4v) is 1.83. The highest BCUT2D eigenvalue weighted by atomic mass is 32.2. The molecule has 0 saturated heterocycles. The number of hydrogen-bond donors (Lipinski definition) is 0. The minimum atomic E-state index is -4.53. The van der Waals surface area contributed by atoms with Crippen molar-refractivity contribution in [2.45, 2.75) is 31.7 Å². The minimum absolute atomic E-state index is 0.00961. The molecule has 0 spiro atoms. The molecular weight excluding hydrogens is 277 g/mol. The maximum Gasteiger partial charge on any atom is 0.419 e. The number of alkyl halides is 3. The molecule has 0 radical (unpaired) electrons. The molecule has 0 atom stereocenters. The number of carbonyl (C=O) groups is 1. The molecule has 0 unspecified atom stereocenters. The van der Waals surface area contributed by atoms with Crippen LogP contribution in [0, 0.1) is 0 Å². The van der Waals surface area contributed by atoms with Gasteiger partial charge in [0, 0.05) is 4.75 Å². The lowest BCUT2D eigenvalue weighted by molar-refractivity contribution is -0.141. The van der Waals surface area contributed by atoms with E-state index in [4.69, 9.17) is 4.74 Å². The number of carbonyl (C=O) groups excluding carboxylic acids is 1. The topological polar surface area (TPSA) is 26.3 Å². The van der Waals surface area contributed by atoms with Crippen molar-refractivity contribution in [1.82, 2.24) is 0 Å². The van der Waals surface area contributed by atoms with Crippen molar-refractivity contribution in [1.29, 1.82) is 0 Å². The summed E-state index contributed by atoms with van der Waals surface area (Å²) in [5.74, 6) is -1.12. The van der Waals surface area contributed by atoms with E-state index < -0.39 is 23.5 Å². The Kier molecular flexibility index (Phi) is 4.90. The fourth-order valence-electron chi connectivity index (χ4n) is 1.22. The lowest BCUT2D eigenvalue weighted by Gasteiger charge is -2.17. The Morgan fingerprint density at radius 2 is 1.79 bits per heavy atom. The van der Waals surface area contributed by atoms with Crippen molar-refractivity contribution >= 4 is 17.7 Å². The summed E-state index contributed by atoms with van der Waals surface area (Å²) in [7, 11) is 0. The molecule has 2 nitrogen and oxygen atoms in total. The molecule has 1 aromatic carbocycles. The Labute approximate surface area is 114 Å². The first-order valence-corrected chi connectivity index (χ1v) is 6.59. The zero-order chi connectivity index (χ0) is 14.7. The van der Waals surface area contributed by atoms with Gasteiger partial charge in [0.05, 0.1) is 11.3 Å². The van der Waals surface area contributed by atoms with Crippen LogP contribution in [0.4, 0.5) is 13.2 Å². The van der Waals surface area contributed by atoms with Gasteiger partial charge in [0.15, 0.2) is 0 Å². The van der Waals surface area contributed by atoms with E-state index in [0.29, 0.717) is 0 Å². The number of para-hydroxylation sites is 1. The molecule has 0 aromatic heterocycles. The van der Waals surface area contributed by atoms with E-state index in [0.717, 1.165) is 12.1 Å². The van der Waals surface area contributed by atoms with Crippen molar-refractivity contribution < 1.29 is 22.7 Å². The predicted octanol–water partition coefficient (Wildman–Crippen LogP) is 4.14. The lowest BCUT2D eigenvalue weighted by atomic mass is 10.2. The number of rotatable bonds is 3. The van der Waals surface area contributed by atoms with Crippen molar-refractivity contribution in [2.24, 2.45) is 0 Å². The predicted molar refractivity (Wildman–Crippen MR) is 69.3 cm³/mol. The van der Waals surface area contributed by atoms with E-state index in [9.17, 15) is 18.0 Å². The molecule has 19 heavy (non-hydrogen) atoms. The second-order valence-corrected chi connectivity index (χ2v) is 6.67. The second kappa shape index (κ2) is 5.86. The van der Waals surface area contributed by atoms with Crippen LogP contribution in [0.3, 0.4) is 0 Å². The van der Waals surface area contributed by atoms with Crippen molar-refractivity contribution in [3.8, 4) is 5.75 Å². The average molecular weight is 292 g/mol. The smallest absolute Gasteiger partial charge is 0.419 e. The molecule has 0 aliphatic carbocycles. The van der Waals surface area contributed by atoms with E-state index >= 15 is 0 Å². The Bertz CT molecular complexity index is 450. The van der Waals surface area contributed by atoms with Crippen LogP contribution in [0.25, 0.3) is 0 Å². The van der Waals surface area contributed by atoms with Gasteiger partial charge in [-0.2, -0.15) is 13.2 Å². The lowest BCUT2D eigenvalue weighted by Crippen LogP contribution is -2.18. The third-order valence-electron chi connectivity index (χ3n) is 2.04. The quantitative estimate of drug-likeness (QED) is 0.618. The van der Waals surface area contributed by atoms with Crippen LogP contribution in [0.5, 0.6) is 5.75 Å². The van der Waals surface area contributed by atoms with Gasteiger partial charge >= 0.3 is 12.1 Å². The van der Waals surface area contributed by atoms with Gasteiger partial charge in [-0.1, -0.05) is 32.9 Å².